The largest absolute Gasteiger partial charge is 0.330 e. The van der Waals surface area contributed by atoms with Gasteiger partial charge in [-0.15, -0.1) is 0 Å². The molecular formula is C15H29NOS. The van der Waals surface area contributed by atoms with Gasteiger partial charge in [-0.1, -0.05) is 32.6 Å². The monoisotopic (exact) mass is 271 g/mol. The molecule has 2 aliphatic carbocycles. The lowest BCUT2D eigenvalue weighted by atomic mass is 9.80. The van der Waals surface area contributed by atoms with Crippen LogP contribution >= 0.6 is 0 Å². The van der Waals surface area contributed by atoms with E-state index >= 15 is 0 Å². The lowest BCUT2D eigenvalue weighted by Crippen LogP contribution is -2.38. The van der Waals surface area contributed by atoms with Gasteiger partial charge in [0.2, 0.25) is 0 Å². The minimum atomic E-state index is -0.629. The van der Waals surface area contributed by atoms with Gasteiger partial charge >= 0.3 is 0 Å². The molecule has 2 rings (SSSR count). The normalized spacial score (nSPS) is 35.8. The number of hydrogen-bond donors (Lipinski definition) is 1. The Morgan fingerprint density at radius 2 is 1.83 bits per heavy atom. The lowest BCUT2D eigenvalue weighted by molar-refractivity contribution is 0.279. The molecule has 3 heteroatoms. The maximum Gasteiger partial charge on any atom is 0.0390 e. The van der Waals surface area contributed by atoms with Crippen molar-refractivity contribution in [2.75, 3.05) is 12.3 Å². The Labute approximate surface area is 115 Å². The molecule has 0 spiro atoms. The highest BCUT2D eigenvalue weighted by Crippen LogP contribution is 2.35. The molecule has 2 saturated carbocycles. The quantitative estimate of drug-likeness (QED) is 0.835. The smallest absolute Gasteiger partial charge is 0.0390 e. The van der Waals surface area contributed by atoms with E-state index in [0.717, 1.165) is 30.6 Å². The predicted molar refractivity (Wildman–Crippen MR) is 78.9 cm³/mol. The van der Waals surface area contributed by atoms with Gasteiger partial charge < -0.3 is 5.73 Å². The molecule has 4 unspecified atom stereocenters. The molecule has 4 atom stereocenters. The Morgan fingerprint density at radius 3 is 2.44 bits per heavy atom. The van der Waals surface area contributed by atoms with Crippen molar-refractivity contribution in [1.82, 2.24) is 0 Å². The minimum Gasteiger partial charge on any atom is -0.330 e. The number of rotatable bonds is 5. The van der Waals surface area contributed by atoms with Crippen LogP contribution in [0, 0.1) is 17.8 Å². The molecule has 2 fully saturated rings. The van der Waals surface area contributed by atoms with Crippen LogP contribution in [0.15, 0.2) is 0 Å². The van der Waals surface area contributed by atoms with Crippen LogP contribution in [0.3, 0.4) is 0 Å². The number of hydrogen-bond acceptors (Lipinski definition) is 2. The highest BCUT2D eigenvalue weighted by molar-refractivity contribution is 7.85. The van der Waals surface area contributed by atoms with Crippen molar-refractivity contribution in [1.29, 1.82) is 0 Å². The summed E-state index contributed by atoms with van der Waals surface area (Å²) in [6.45, 7) is 3.00. The van der Waals surface area contributed by atoms with E-state index in [2.05, 4.69) is 6.92 Å². The number of nitrogens with two attached hydrogens (primary N) is 1. The molecule has 0 aromatic rings. The second kappa shape index (κ2) is 7.04. The van der Waals surface area contributed by atoms with Crippen molar-refractivity contribution in [3.05, 3.63) is 0 Å². The Balaban J connectivity index is 1.91. The van der Waals surface area contributed by atoms with E-state index in [1.54, 1.807) is 0 Å². The molecule has 18 heavy (non-hydrogen) atoms. The molecule has 106 valence electrons. The van der Waals surface area contributed by atoms with Crippen LogP contribution in [0.25, 0.3) is 0 Å². The first-order valence-corrected chi connectivity index (χ1v) is 9.20. The lowest BCUT2D eigenvalue weighted by Gasteiger charge is -2.35. The summed E-state index contributed by atoms with van der Waals surface area (Å²) in [4.78, 5) is 0. The van der Waals surface area contributed by atoms with Crippen molar-refractivity contribution in [3.8, 4) is 0 Å². The van der Waals surface area contributed by atoms with Gasteiger partial charge in [-0.25, -0.2) is 0 Å². The molecule has 0 saturated heterocycles. The molecule has 0 bridgehead atoms. The van der Waals surface area contributed by atoms with E-state index in [9.17, 15) is 4.21 Å². The van der Waals surface area contributed by atoms with Crippen molar-refractivity contribution in [2.24, 2.45) is 23.5 Å². The van der Waals surface area contributed by atoms with Crippen LogP contribution in [0.1, 0.15) is 58.3 Å². The zero-order valence-electron chi connectivity index (χ0n) is 11.8. The van der Waals surface area contributed by atoms with E-state index < -0.39 is 10.8 Å². The fraction of sp³-hybridized carbons (Fsp3) is 1.00. The van der Waals surface area contributed by atoms with Gasteiger partial charge in [0, 0.05) is 21.8 Å². The Morgan fingerprint density at radius 1 is 1.11 bits per heavy atom. The van der Waals surface area contributed by atoms with Gasteiger partial charge in [0.1, 0.15) is 0 Å². The molecular weight excluding hydrogens is 242 g/mol. The summed E-state index contributed by atoms with van der Waals surface area (Å²) in [5.41, 5.74) is 5.89. The van der Waals surface area contributed by atoms with Crippen LogP contribution in [0.4, 0.5) is 0 Å². The molecule has 0 aromatic heterocycles. The maximum absolute atomic E-state index is 12.6. The molecule has 0 aliphatic heterocycles. The molecule has 2 aliphatic rings. The third-order valence-corrected chi connectivity index (χ3v) is 7.18. The highest BCUT2D eigenvalue weighted by Gasteiger charge is 2.34. The molecule has 0 heterocycles. The average molecular weight is 271 g/mol. The van der Waals surface area contributed by atoms with Gasteiger partial charge in [0.05, 0.1) is 0 Å². The van der Waals surface area contributed by atoms with E-state index in [1.165, 1.54) is 44.9 Å². The maximum atomic E-state index is 12.6. The van der Waals surface area contributed by atoms with E-state index in [0.29, 0.717) is 11.2 Å². The van der Waals surface area contributed by atoms with Gasteiger partial charge in [-0.3, -0.25) is 4.21 Å². The summed E-state index contributed by atoms with van der Waals surface area (Å²) in [6, 6.07) is 0. The molecule has 0 aromatic carbocycles. The van der Waals surface area contributed by atoms with Crippen molar-refractivity contribution >= 4 is 10.8 Å². The average Bonchev–Trinajstić information content (AvgIpc) is 2.90. The van der Waals surface area contributed by atoms with Crippen LogP contribution in [0.2, 0.25) is 0 Å². The predicted octanol–water partition coefficient (Wildman–Crippen LogP) is 3.08. The zero-order valence-corrected chi connectivity index (χ0v) is 12.6. The van der Waals surface area contributed by atoms with Crippen LogP contribution in [-0.4, -0.2) is 21.8 Å². The summed E-state index contributed by atoms with van der Waals surface area (Å²) >= 11 is 0. The second-order valence-electron chi connectivity index (χ2n) is 6.32. The zero-order chi connectivity index (χ0) is 13.0. The Bertz CT molecular complexity index is 276. The van der Waals surface area contributed by atoms with E-state index in [4.69, 9.17) is 5.73 Å². The van der Waals surface area contributed by atoms with Crippen LogP contribution < -0.4 is 5.73 Å². The topological polar surface area (TPSA) is 43.1 Å². The fourth-order valence-corrected chi connectivity index (χ4v) is 5.98. The van der Waals surface area contributed by atoms with Crippen LogP contribution in [0.5, 0.6) is 0 Å². The first-order valence-electron chi connectivity index (χ1n) is 7.81. The third kappa shape index (κ3) is 3.57. The van der Waals surface area contributed by atoms with Crippen LogP contribution in [-0.2, 0) is 10.8 Å². The minimum absolute atomic E-state index is 0.397. The summed E-state index contributed by atoms with van der Waals surface area (Å²) in [6.07, 6.45) is 10.2. The third-order valence-electron chi connectivity index (χ3n) is 5.13. The fourth-order valence-electron chi connectivity index (χ4n) is 3.77. The van der Waals surface area contributed by atoms with Gasteiger partial charge in [0.15, 0.2) is 0 Å². The standard InChI is InChI=1S/C15H29NOS/c1-2-12-7-8-14(10-16)15(9-12)18(17)11-13-5-3-4-6-13/h12-15H,2-11,16H2,1H3. The molecule has 2 nitrogen and oxygen atoms in total. The van der Waals surface area contributed by atoms with Crippen molar-refractivity contribution in [3.63, 3.8) is 0 Å². The first-order chi connectivity index (χ1) is 8.74. The van der Waals surface area contributed by atoms with Gasteiger partial charge in [-0.2, -0.15) is 0 Å². The van der Waals surface area contributed by atoms with Crippen molar-refractivity contribution in [2.45, 2.75) is 63.5 Å². The molecule has 2 N–H and O–H groups in total. The summed E-state index contributed by atoms with van der Waals surface area (Å²) in [7, 11) is -0.629. The van der Waals surface area contributed by atoms with E-state index in [-0.39, 0.29) is 0 Å². The van der Waals surface area contributed by atoms with Crippen molar-refractivity contribution < 1.29 is 4.21 Å². The van der Waals surface area contributed by atoms with E-state index in [1.807, 2.05) is 0 Å². The van der Waals surface area contributed by atoms with Gasteiger partial charge in [0.25, 0.3) is 0 Å². The highest BCUT2D eigenvalue weighted by atomic mass is 32.2. The SMILES string of the molecule is CCC1CCC(CN)C(S(=O)CC2CCCC2)C1. The molecule has 0 radical (unpaired) electrons. The Hall–Kier alpha value is 0.110. The summed E-state index contributed by atoms with van der Waals surface area (Å²) < 4.78 is 12.6. The summed E-state index contributed by atoms with van der Waals surface area (Å²) in [5, 5.41) is 0.397. The first kappa shape index (κ1) is 14.5. The second-order valence-corrected chi connectivity index (χ2v) is 8.02. The van der Waals surface area contributed by atoms with Gasteiger partial charge in [-0.05, 0) is 50.0 Å². The Kier molecular flexibility index (Phi) is 5.68. The summed E-state index contributed by atoms with van der Waals surface area (Å²) in [5.74, 6) is 3.02. The molecule has 0 amide bonds.